The molecule has 18 aromatic rings. The van der Waals surface area contributed by atoms with Crippen LogP contribution in [0.4, 0.5) is 34.1 Å². The van der Waals surface area contributed by atoms with Gasteiger partial charge in [-0.1, -0.05) is 352 Å². The van der Waals surface area contributed by atoms with Crippen LogP contribution in [-0.4, -0.2) is 0 Å². The SMILES string of the molecule is c1ccc(-c2ccccc2-c2cccc(N(c3cccc(-c4ccc5ccccc5c4)c3)c3cccc4c3-c3ccccc3C4(c3ccccc3)c3ccc(-c4ccc5cc(-c6cccc(N(c7ccccc7)c7ccc8c(c7)C(c7ccccc7)(c7ccccc7)c7ccccc7-8)c6)ccc5c4)cc3)c2)cc1. The highest BCUT2D eigenvalue weighted by atomic mass is 15.2. The number of hydrogen-bond acceptors (Lipinski definition) is 2. The lowest BCUT2D eigenvalue weighted by Gasteiger charge is -2.35. The quantitative estimate of drug-likeness (QED) is 0.101. The monoisotopic (exact) mass is 1370 g/mol. The molecule has 0 saturated carbocycles. The summed E-state index contributed by atoms with van der Waals surface area (Å²) in [5, 5.41) is 4.82. The van der Waals surface area contributed by atoms with Gasteiger partial charge in [-0.2, -0.15) is 0 Å². The van der Waals surface area contributed by atoms with E-state index in [9.17, 15) is 0 Å². The molecule has 1 unspecified atom stereocenters. The molecule has 2 aliphatic carbocycles. The summed E-state index contributed by atoms with van der Waals surface area (Å²) in [6.07, 6.45) is 0. The maximum absolute atomic E-state index is 2.51. The number of rotatable bonds is 15. The molecule has 0 saturated heterocycles. The minimum Gasteiger partial charge on any atom is -0.310 e. The van der Waals surface area contributed by atoms with E-state index in [-0.39, 0.29) is 0 Å². The van der Waals surface area contributed by atoms with Gasteiger partial charge in [-0.05, 0) is 223 Å². The number of nitrogens with zero attached hydrogens (tertiary/aromatic N) is 2. The molecule has 18 aromatic carbocycles. The Kier molecular flexibility index (Phi) is 15.7. The van der Waals surface area contributed by atoms with Crippen molar-refractivity contribution in [3.63, 3.8) is 0 Å². The fourth-order valence-electron chi connectivity index (χ4n) is 17.9. The van der Waals surface area contributed by atoms with E-state index >= 15 is 0 Å². The summed E-state index contributed by atoms with van der Waals surface area (Å²) in [6, 6.07) is 162. The summed E-state index contributed by atoms with van der Waals surface area (Å²) < 4.78 is 0. The van der Waals surface area contributed by atoms with Gasteiger partial charge in [-0.25, -0.2) is 0 Å². The molecular formula is C106H72N2. The highest BCUT2D eigenvalue weighted by Crippen LogP contribution is 2.61. The molecule has 2 nitrogen and oxygen atoms in total. The van der Waals surface area contributed by atoms with Crippen LogP contribution in [0.25, 0.3) is 99.4 Å². The van der Waals surface area contributed by atoms with Crippen molar-refractivity contribution >= 4 is 55.7 Å². The fourth-order valence-corrected chi connectivity index (χ4v) is 17.9. The number of benzene rings is 18. The Morgan fingerprint density at radius 3 is 1.10 bits per heavy atom. The highest BCUT2D eigenvalue weighted by Gasteiger charge is 2.49. The normalized spacial score (nSPS) is 13.7. The molecule has 506 valence electrons. The van der Waals surface area contributed by atoms with E-state index in [1.54, 1.807) is 0 Å². The predicted octanol–water partition coefficient (Wildman–Crippen LogP) is 28.0. The van der Waals surface area contributed by atoms with Crippen molar-refractivity contribution in [1.82, 2.24) is 0 Å². The summed E-state index contributed by atoms with van der Waals surface area (Å²) >= 11 is 0. The Bertz CT molecular complexity index is 6390. The van der Waals surface area contributed by atoms with E-state index in [1.807, 2.05) is 0 Å². The molecule has 0 aromatic heterocycles. The fraction of sp³-hybridized carbons (Fsp3) is 0.0189. The first-order valence-corrected chi connectivity index (χ1v) is 37.4. The van der Waals surface area contributed by atoms with Gasteiger partial charge < -0.3 is 9.80 Å². The molecule has 108 heavy (non-hydrogen) atoms. The molecule has 0 amide bonds. The molecule has 0 N–H and O–H groups in total. The molecule has 0 fully saturated rings. The van der Waals surface area contributed by atoms with E-state index < -0.39 is 10.8 Å². The van der Waals surface area contributed by atoms with E-state index in [1.165, 1.54) is 116 Å². The summed E-state index contributed by atoms with van der Waals surface area (Å²) in [6.45, 7) is 0. The van der Waals surface area contributed by atoms with Crippen LogP contribution in [0.15, 0.2) is 437 Å². The first-order chi connectivity index (χ1) is 53.5. The van der Waals surface area contributed by atoms with Crippen LogP contribution in [0.1, 0.15) is 44.5 Å². The van der Waals surface area contributed by atoms with Gasteiger partial charge >= 0.3 is 0 Å². The van der Waals surface area contributed by atoms with Crippen LogP contribution in [0.2, 0.25) is 0 Å². The Balaban J connectivity index is 0.667. The zero-order valence-corrected chi connectivity index (χ0v) is 59.5. The number of anilines is 6. The van der Waals surface area contributed by atoms with Crippen molar-refractivity contribution in [2.24, 2.45) is 0 Å². The van der Waals surface area contributed by atoms with E-state index in [2.05, 4.69) is 447 Å². The largest absolute Gasteiger partial charge is 0.310 e. The number of hydrogen-bond donors (Lipinski definition) is 0. The molecule has 0 heterocycles. The van der Waals surface area contributed by atoms with Gasteiger partial charge in [0.2, 0.25) is 0 Å². The van der Waals surface area contributed by atoms with Crippen LogP contribution in [0.5, 0.6) is 0 Å². The van der Waals surface area contributed by atoms with Crippen molar-refractivity contribution in [2.45, 2.75) is 10.8 Å². The van der Waals surface area contributed by atoms with Crippen LogP contribution >= 0.6 is 0 Å². The third-order valence-corrected chi connectivity index (χ3v) is 22.8. The molecule has 0 spiro atoms. The van der Waals surface area contributed by atoms with Crippen molar-refractivity contribution < 1.29 is 0 Å². The zero-order valence-electron chi connectivity index (χ0n) is 59.5. The van der Waals surface area contributed by atoms with Crippen LogP contribution < -0.4 is 9.80 Å². The molecule has 1 atom stereocenters. The number of fused-ring (bicyclic) bond motifs is 8. The molecule has 2 heteroatoms. The summed E-state index contributed by atoms with van der Waals surface area (Å²) in [5.74, 6) is 0. The van der Waals surface area contributed by atoms with E-state index in [4.69, 9.17) is 0 Å². The molecule has 20 rings (SSSR count). The average Bonchev–Trinajstić information content (AvgIpc) is 1.54. The van der Waals surface area contributed by atoms with Crippen molar-refractivity contribution in [1.29, 1.82) is 0 Å². The Morgan fingerprint density at radius 1 is 0.157 bits per heavy atom. The van der Waals surface area contributed by atoms with Gasteiger partial charge in [0.25, 0.3) is 0 Å². The van der Waals surface area contributed by atoms with Gasteiger partial charge in [-0.3, -0.25) is 0 Å². The third kappa shape index (κ3) is 10.6. The average molecular weight is 1370 g/mol. The first kappa shape index (κ1) is 63.7. The second-order valence-electron chi connectivity index (χ2n) is 28.6. The Labute approximate surface area is 631 Å². The van der Waals surface area contributed by atoms with E-state index in [0.29, 0.717) is 0 Å². The molecule has 0 radical (unpaired) electrons. The Hall–Kier alpha value is -13.9. The van der Waals surface area contributed by atoms with Gasteiger partial charge in [0, 0.05) is 34.0 Å². The van der Waals surface area contributed by atoms with Crippen LogP contribution in [-0.2, 0) is 10.8 Å². The molecule has 0 aliphatic heterocycles. The maximum atomic E-state index is 2.51. The van der Waals surface area contributed by atoms with Crippen molar-refractivity contribution in [3.8, 4) is 77.9 Å². The minimum absolute atomic E-state index is 0.526. The molecule has 0 bridgehead atoms. The third-order valence-electron chi connectivity index (χ3n) is 22.8. The first-order valence-electron chi connectivity index (χ1n) is 37.4. The minimum atomic E-state index is -0.670. The lowest BCUT2D eigenvalue weighted by Crippen LogP contribution is -2.28. The summed E-state index contributed by atoms with van der Waals surface area (Å²) in [7, 11) is 0. The lowest BCUT2D eigenvalue weighted by molar-refractivity contribution is 0.768. The second-order valence-corrected chi connectivity index (χ2v) is 28.6. The summed E-state index contributed by atoms with van der Waals surface area (Å²) in [4.78, 5) is 4.93. The van der Waals surface area contributed by atoms with Gasteiger partial charge in [-0.15, -0.1) is 0 Å². The van der Waals surface area contributed by atoms with Crippen LogP contribution in [0.3, 0.4) is 0 Å². The smallest absolute Gasteiger partial charge is 0.0714 e. The topological polar surface area (TPSA) is 6.48 Å². The maximum Gasteiger partial charge on any atom is 0.0714 e. The second kappa shape index (κ2) is 26.7. The predicted molar refractivity (Wildman–Crippen MR) is 453 cm³/mol. The van der Waals surface area contributed by atoms with Gasteiger partial charge in [0.1, 0.15) is 0 Å². The number of para-hydroxylation sites is 1. The Morgan fingerprint density at radius 2 is 0.509 bits per heavy atom. The van der Waals surface area contributed by atoms with Gasteiger partial charge in [0.05, 0.1) is 16.5 Å². The van der Waals surface area contributed by atoms with Crippen molar-refractivity contribution in [2.75, 3.05) is 9.80 Å². The lowest BCUT2D eigenvalue weighted by atomic mass is 9.67. The van der Waals surface area contributed by atoms with Crippen LogP contribution in [0, 0.1) is 0 Å². The summed E-state index contributed by atoms with van der Waals surface area (Å²) in [5.41, 5.74) is 31.9. The zero-order chi connectivity index (χ0) is 71.5. The van der Waals surface area contributed by atoms with Crippen molar-refractivity contribution in [3.05, 3.63) is 481 Å². The van der Waals surface area contributed by atoms with E-state index in [0.717, 1.165) is 61.9 Å². The van der Waals surface area contributed by atoms with Gasteiger partial charge in [0.15, 0.2) is 0 Å². The highest BCUT2D eigenvalue weighted by molar-refractivity contribution is 6.00. The standard InChI is InChI=1S/C106H72N2/c1-6-29-75(30-7-1)94-46-18-19-47-95(94)84-34-26-45-92(71-84)108(91-44-25-33-78(70-91)80-55-54-73-28-16-17-31-76(73)66-80)103-53-27-52-101-104(103)98-49-21-23-51-100(98)105(101,85-35-8-2-9-36-85)88-62-60-74(61-63-88)79-56-57-83-68-81(58-59-82(83)67-79)77-32-24-43-90(69-77)107(89-41-14-5-15-42-89)93-64-65-97-96-48-20-22-50-99(96)106(102(97)72-93,86-37-10-3-11-38-86)87-39-12-4-13-40-87/h1-72H. The molecular weight excluding hydrogens is 1300 g/mol. The molecule has 2 aliphatic rings.